The number of rotatable bonds is 6. The zero-order chi connectivity index (χ0) is 13.5. The lowest BCUT2D eigenvalue weighted by atomic mass is 10.1. The summed E-state index contributed by atoms with van der Waals surface area (Å²) < 4.78 is 5.07. The van der Waals surface area contributed by atoms with Gasteiger partial charge in [0.25, 0.3) is 0 Å². The van der Waals surface area contributed by atoms with Gasteiger partial charge in [0, 0.05) is 32.7 Å². The van der Waals surface area contributed by atoms with Crippen molar-refractivity contribution >= 4 is 12.0 Å². The third-order valence-electron chi connectivity index (χ3n) is 3.25. The number of carbonyl (C=O) groups is 2. The molecule has 0 bridgehead atoms. The molecule has 1 aliphatic rings. The molecule has 6 nitrogen and oxygen atoms in total. The van der Waals surface area contributed by atoms with Crippen LogP contribution in [0.1, 0.15) is 19.8 Å². The highest BCUT2D eigenvalue weighted by molar-refractivity contribution is 5.74. The van der Waals surface area contributed by atoms with E-state index >= 15 is 0 Å². The average molecular weight is 258 g/mol. The first-order chi connectivity index (χ1) is 8.54. The van der Waals surface area contributed by atoms with E-state index < -0.39 is 11.9 Å². The highest BCUT2D eigenvalue weighted by atomic mass is 16.5. The van der Waals surface area contributed by atoms with Crippen molar-refractivity contribution in [3.05, 3.63) is 0 Å². The molecule has 0 aliphatic carbocycles. The minimum absolute atomic E-state index is 0.105. The molecule has 0 aromatic heterocycles. The number of aliphatic carboxylic acids is 1. The summed E-state index contributed by atoms with van der Waals surface area (Å²) in [5.74, 6) is -0.839. The molecule has 1 rings (SSSR count). The molecule has 2 amide bonds. The lowest BCUT2D eigenvalue weighted by Gasteiger charge is -2.17. The van der Waals surface area contributed by atoms with E-state index in [2.05, 4.69) is 5.32 Å². The predicted octanol–water partition coefficient (Wildman–Crippen LogP) is 0.775. The number of carboxylic acids is 1. The highest BCUT2D eigenvalue weighted by Gasteiger charge is 2.25. The number of hydrogen-bond acceptors (Lipinski definition) is 3. The number of methoxy groups -OCH3 is 1. The van der Waals surface area contributed by atoms with Gasteiger partial charge in [-0.15, -0.1) is 0 Å². The lowest BCUT2D eigenvalue weighted by Crippen LogP contribution is -2.39. The Balaban J connectivity index is 2.20. The van der Waals surface area contributed by atoms with E-state index in [0.29, 0.717) is 32.0 Å². The van der Waals surface area contributed by atoms with Gasteiger partial charge in [-0.1, -0.05) is 6.92 Å². The fraction of sp³-hybridized carbons (Fsp3) is 0.833. The topological polar surface area (TPSA) is 78.9 Å². The zero-order valence-electron chi connectivity index (χ0n) is 11.0. The predicted molar refractivity (Wildman–Crippen MR) is 66.4 cm³/mol. The van der Waals surface area contributed by atoms with Crippen LogP contribution in [-0.4, -0.2) is 55.4 Å². The van der Waals surface area contributed by atoms with Crippen LogP contribution in [0.15, 0.2) is 0 Å². The number of urea groups is 1. The smallest absolute Gasteiger partial charge is 0.317 e. The number of carboxylic acid groups (broad SMARTS) is 1. The van der Waals surface area contributed by atoms with Crippen LogP contribution in [0, 0.1) is 11.8 Å². The first-order valence-electron chi connectivity index (χ1n) is 6.29. The van der Waals surface area contributed by atoms with E-state index in [-0.39, 0.29) is 6.03 Å². The molecule has 1 saturated heterocycles. The van der Waals surface area contributed by atoms with E-state index in [1.807, 2.05) is 0 Å². The largest absolute Gasteiger partial charge is 0.481 e. The van der Waals surface area contributed by atoms with Crippen LogP contribution in [0.2, 0.25) is 0 Å². The second-order valence-electron chi connectivity index (χ2n) is 4.82. The molecule has 0 aromatic carbocycles. The molecule has 18 heavy (non-hydrogen) atoms. The number of hydrogen-bond donors (Lipinski definition) is 2. The van der Waals surface area contributed by atoms with Gasteiger partial charge in [-0.2, -0.15) is 0 Å². The third-order valence-corrected chi connectivity index (χ3v) is 3.25. The minimum atomic E-state index is -0.828. The van der Waals surface area contributed by atoms with Crippen molar-refractivity contribution in [2.45, 2.75) is 19.8 Å². The van der Waals surface area contributed by atoms with E-state index in [9.17, 15) is 9.59 Å². The van der Waals surface area contributed by atoms with Crippen LogP contribution in [0.25, 0.3) is 0 Å². The molecule has 0 spiro atoms. The van der Waals surface area contributed by atoms with Crippen molar-refractivity contribution in [2.24, 2.45) is 11.8 Å². The maximum atomic E-state index is 11.8. The summed E-state index contributed by atoms with van der Waals surface area (Å²) in [5, 5.41) is 11.5. The maximum Gasteiger partial charge on any atom is 0.317 e. The van der Waals surface area contributed by atoms with Gasteiger partial charge in [0.05, 0.1) is 12.5 Å². The van der Waals surface area contributed by atoms with Crippen LogP contribution in [-0.2, 0) is 9.53 Å². The van der Waals surface area contributed by atoms with Crippen molar-refractivity contribution < 1.29 is 19.4 Å². The number of nitrogens with zero attached hydrogens (tertiary/aromatic N) is 1. The minimum Gasteiger partial charge on any atom is -0.481 e. The Labute approximate surface area is 107 Å². The molecule has 2 N–H and O–H groups in total. The van der Waals surface area contributed by atoms with Crippen molar-refractivity contribution in [3.8, 4) is 0 Å². The number of amides is 2. The van der Waals surface area contributed by atoms with E-state index in [1.165, 1.54) is 0 Å². The van der Waals surface area contributed by atoms with Gasteiger partial charge in [-0.3, -0.25) is 4.79 Å². The van der Waals surface area contributed by atoms with Gasteiger partial charge in [0.15, 0.2) is 0 Å². The molecule has 2 unspecified atom stereocenters. The Morgan fingerprint density at radius 3 is 2.89 bits per heavy atom. The van der Waals surface area contributed by atoms with E-state index in [4.69, 9.17) is 9.84 Å². The fourth-order valence-corrected chi connectivity index (χ4v) is 2.02. The quantitative estimate of drug-likeness (QED) is 0.737. The van der Waals surface area contributed by atoms with Gasteiger partial charge < -0.3 is 20.1 Å². The summed E-state index contributed by atoms with van der Waals surface area (Å²) in [6.07, 6.45) is 1.42. The fourth-order valence-electron chi connectivity index (χ4n) is 2.02. The monoisotopic (exact) mass is 258 g/mol. The number of nitrogens with one attached hydrogen (secondary N) is 1. The Morgan fingerprint density at radius 2 is 2.28 bits per heavy atom. The summed E-state index contributed by atoms with van der Waals surface area (Å²) >= 11 is 0. The van der Waals surface area contributed by atoms with Crippen molar-refractivity contribution in [3.63, 3.8) is 0 Å². The van der Waals surface area contributed by atoms with Crippen molar-refractivity contribution in [1.82, 2.24) is 10.2 Å². The first kappa shape index (κ1) is 14.8. The summed E-state index contributed by atoms with van der Waals surface area (Å²) in [5.41, 5.74) is 0. The maximum absolute atomic E-state index is 11.8. The van der Waals surface area contributed by atoms with Crippen molar-refractivity contribution in [2.75, 3.05) is 33.4 Å². The molecule has 1 heterocycles. The molecular weight excluding hydrogens is 236 g/mol. The summed E-state index contributed by atoms with van der Waals surface area (Å²) in [7, 11) is 1.66. The van der Waals surface area contributed by atoms with Crippen LogP contribution < -0.4 is 5.32 Å². The van der Waals surface area contributed by atoms with Gasteiger partial charge in [0.1, 0.15) is 0 Å². The normalized spacial score (nSPS) is 20.8. The molecule has 2 atom stereocenters. The molecule has 104 valence electrons. The molecule has 1 aliphatic heterocycles. The second kappa shape index (κ2) is 7.20. The molecular formula is C12H22N2O4. The molecule has 0 aromatic rings. The number of ether oxygens (including phenoxy) is 1. The molecule has 0 radical (unpaired) electrons. The summed E-state index contributed by atoms with van der Waals surface area (Å²) in [6, 6.07) is -0.105. The molecule has 1 fully saturated rings. The van der Waals surface area contributed by atoms with E-state index in [0.717, 1.165) is 13.0 Å². The Kier molecular flexibility index (Phi) is 5.91. The van der Waals surface area contributed by atoms with Crippen LogP contribution in [0.3, 0.4) is 0 Å². The zero-order valence-corrected chi connectivity index (χ0v) is 11.0. The average Bonchev–Trinajstić information content (AvgIpc) is 2.77. The van der Waals surface area contributed by atoms with Crippen LogP contribution in [0.4, 0.5) is 4.79 Å². The summed E-state index contributed by atoms with van der Waals surface area (Å²) in [6.45, 7) is 4.18. The number of carbonyl (C=O) groups excluding carboxylic acids is 1. The Bertz CT molecular complexity index is 296. The van der Waals surface area contributed by atoms with E-state index in [1.54, 1.807) is 18.9 Å². The highest BCUT2D eigenvalue weighted by Crippen LogP contribution is 2.16. The SMILES string of the molecule is COCC1CCN(C(=O)NCCC(C)C(=O)O)C1. The van der Waals surface area contributed by atoms with Crippen molar-refractivity contribution in [1.29, 1.82) is 0 Å². The van der Waals surface area contributed by atoms with Crippen LogP contribution >= 0.6 is 0 Å². The summed E-state index contributed by atoms with van der Waals surface area (Å²) in [4.78, 5) is 24.1. The van der Waals surface area contributed by atoms with Gasteiger partial charge in [-0.25, -0.2) is 4.79 Å². The van der Waals surface area contributed by atoms with Gasteiger partial charge in [-0.05, 0) is 12.8 Å². The van der Waals surface area contributed by atoms with Gasteiger partial charge >= 0.3 is 12.0 Å². The van der Waals surface area contributed by atoms with Gasteiger partial charge in [0.2, 0.25) is 0 Å². The lowest BCUT2D eigenvalue weighted by molar-refractivity contribution is -0.141. The number of likely N-dealkylation sites (tertiary alicyclic amines) is 1. The van der Waals surface area contributed by atoms with Crippen LogP contribution in [0.5, 0.6) is 0 Å². The Hall–Kier alpha value is -1.30. The Morgan fingerprint density at radius 1 is 1.56 bits per heavy atom. The molecule has 0 saturated carbocycles. The first-order valence-corrected chi connectivity index (χ1v) is 6.29. The molecule has 6 heteroatoms. The third kappa shape index (κ3) is 4.52. The standard InChI is InChI=1S/C12H22N2O4/c1-9(11(15)16)3-5-13-12(17)14-6-4-10(7-14)8-18-2/h9-10H,3-8H2,1-2H3,(H,13,17)(H,15,16). The second-order valence-corrected chi connectivity index (χ2v) is 4.82.